The molecule has 3 heterocycles. The van der Waals surface area contributed by atoms with E-state index in [0.29, 0.717) is 36.7 Å². The van der Waals surface area contributed by atoms with Gasteiger partial charge >= 0.3 is 5.97 Å². The number of thiazole rings is 1. The van der Waals surface area contributed by atoms with Crippen molar-refractivity contribution in [2.45, 2.75) is 25.8 Å². The van der Waals surface area contributed by atoms with Gasteiger partial charge in [-0.1, -0.05) is 23.5 Å². The third-order valence-electron chi connectivity index (χ3n) is 5.39. The maximum atomic E-state index is 11.9. The highest BCUT2D eigenvalue weighted by molar-refractivity contribution is 7.17. The number of esters is 1. The zero-order valence-corrected chi connectivity index (χ0v) is 17.5. The lowest BCUT2D eigenvalue weighted by molar-refractivity contribution is -0.147. The molecule has 0 spiro atoms. The summed E-state index contributed by atoms with van der Waals surface area (Å²) in [5, 5.41) is 15.2. The Morgan fingerprint density at radius 3 is 2.72 bits per heavy atom. The molecule has 154 valence electrons. The molecule has 9 heteroatoms. The predicted molar refractivity (Wildman–Crippen MR) is 108 cm³/mol. The molecule has 1 saturated heterocycles. The molecule has 3 aromatic rings. The normalized spacial score (nSPS) is 16.8. The van der Waals surface area contributed by atoms with Gasteiger partial charge in [0, 0.05) is 0 Å². The number of nitrogens with zero attached hydrogens (tertiary/aromatic N) is 4. The highest BCUT2D eigenvalue weighted by atomic mass is 32.1. The number of methoxy groups -OCH3 is 2. The molecule has 0 bridgehead atoms. The molecule has 0 aliphatic carbocycles. The summed E-state index contributed by atoms with van der Waals surface area (Å²) in [6.07, 6.45) is 1.43. The smallest absolute Gasteiger partial charge is 0.308 e. The van der Waals surface area contributed by atoms with Crippen LogP contribution < -0.4 is 4.74 Å². The van der Waals surface area contributed by atoms with Crippen LogP contribution in [-0.4, -0.2) is 57.9 Å². The summed E-state index contributed by atoms with van der Waals surface area (Å²) >= 11 is 1.43. The number of likely N-dealkylation sites (tertiary alicyclic amines) is 1. The molecule has 1 N–H and O–H groups in total. The summed E-state index contributed by atoms with van der Waals surface area (Å²) in [4.78, 5) is 20.0. The van der Waals surface area contributed by atoms with Crippen LogP contribution in [0.4, 0.5) is 0 Å². The summed E-state index contributed by atoms with van der Waals surface area (Å²) in [7, 11) is 3.07. The maximum absolute atomic E-state index is 11.9. The Kier molecular flexibility index (Phi) is 5.42. The minimum absolute atomic E-state index is 0.0826. The standard InChI is InChI=1S/C20H24N4O4S/c1-12-21-20-24(22-12)18(25)17(29-20)16(14-5-4-6-15(11-14)27-2)23-9-7-13(8-10-23)19(26)28-3/h4-6,11,13,16,25H,7-10H2,1-3H3/t16-/m0/s1. The van der Waals surface area contributed by atoms with E-state index in [1.54, 1.807) is 14.0 Å². The fourth-order valence-corrected chi connectivity index (χ4v) is 5.09. The molecular formula is C20H24N4O4S. The van der Waals surface area contributed by atoms with Crippen molar-refractivity contribution >= 4 is 22.3 Å². The van der Waals surface area contributed by atoms with E-state index in [-0.39, 0.29) is 23.8 Å². The molecular weight excluding hydrogens is 392 g/mol. The third-order valence-corrected chi connectivity index (χ3v) is 6.47. The van der Waals surface area contributed by atoms with Gasteiger partial charge in [-0.15, -0.1) is 5.10 Å². The molecule has 1 fully saturated rings. The van der Waals surface area contributed by atoms with Crippen LogP contribution in [0, 0.1) is 12.8 Å². The van der Waals surface area contributed by atoms with Crippen LogP contribution in [0.25, 0.3) is 4.96 Å². The van der Waals surface area contributed by atoms with Crippen molar-refractivity contribution in [3.8, 4) is 11.6 Å². The first-order valence-corrected chi connectivity index (χ1v) is 10.3. The van der Waals surface area contributed by atoms with Gasteiger partial charge < -0.3 is 14.6 Å². The Labute approximate surface area is 172 Å². The van der Waals surface area contributed by atoms with Gasteiger partial charge in [0.2, 0.25) is 10.8 Å². The molecule has 1 aromatic carbocycles. The molecule has 1 aliphatic heterocycles. The molecule has 0 unspecified atom stereocenters. The highest BCUT2D eigenvalue weighted by Crippen LogP contribution is 2.42. The summed E-state index contributed by atoms with van der Waals surface area (Å²) < 4.78 is 11.8. The second-order valence-corrected chi connectivity index (χ2v) is 8.16. The van der Waals surface area contributed by atoms with Crippen LogP contribution in [0.3, 0.4) is 0 Å². The molecule has 0 saturated carbocycles. The van der Waals surface area contributed by atoms with Gasteiger partial charge in [0.25, 0.3) is 0 Å². The molecule has 0 radical (unpaired) electrons. The largest absolute Gasteiger partial charge is 0.497 e. The minimum atomic E-state index is -0.183. The number of rotatable bonds is 5. The van der Waals surface area contributed by atoms with Crippen molar-refractivity contribution in [3.05, 3.63) is 40.5 Å². The Balaban J connectivity index is 1.72. The molecule has 0 amide bonds. The Morgan fingerprint density at radius 1 is 1.31 bits per heavy atom. The zero-order chi connectivity index (χ0) is 20.5. The number of hydrogen-bond donors (Lipinski definition) is 1. The first-order chi connectivity index (χ1) is 14.0. The molecule has 8 nitrogen and oxygen atoms in total. The summed E-state index contributed by atoms with van der Waals surface area (Å²) in [5.74, 6) is 1.25. The lowest BCUT2D eigenvalue weighted by Gasteiger charge is -2.36. The predicted octanol–water partition coefficient (Wildman–Crippen LogP) is 2.79. The van der Waals surface area contributed by atoms with Crippen molar-refractivity contribution in [2.24, 2.45) is 5.92 Å². The van der Waals surface area contributed by atoms with E-state index >= 15 is 0 Å². The molecule has 1 atom stereocenters. The number of piperidine rings is 1. The van der Waals surface area contributed by atoms with Crippen molar-refractivity contribution in [1.29, 1.82) is 0 Å². The first kappa shape index (κ1) is 19.7. The minimum Gasteiger partial charge on any atom is -0.497 e. The number of carbonyl (C=O) groups excluding carboxylic acids is 1. The van der Waals surface area contributed by atoms with E-state index in [4.69, 9.17) is 9.47 Å². The summed E-state index contributed by atoms with van der Waals surface area (Å²) in [5.41, 5.74) is 1.01. The molecule has 2 aromatic heterocycles. The van der Waals surface area contributed by atoms with E-state index in [1.165, 1.54) is 23.0 Å². The van der Waals surface area contributed by atoms with Crippen LogP contribution in [0.2, 0.25) is 0 Å². The fraction of sp³-hybridized carbons (Fsp3) is 0.450. The molecule has 29 heavy (non-hydrogen) atoms. The second-order valence-electron chi connectivity index (χ2n) is 7.16. The van der Waals surface area contributed by atoms with Gasteiger partial charge in [-0.3, -0.25) is 9.69 Å². The quantitative estimate of drug-likeness (QED) is 0.640. The average Bonchev–Trinajstić information content (AvgIpc) is 3.25. The number of aryl methyl sites for hydroxylation is 1. The second kappa shape index (κ2) is 8.00. The first-order valence-electron chi connectivity index (χ1n) is 9.52. The van der Waals surface area contributed by atoms with Crippen molar-refractivity contribution < 1.29 is 19.4 Å². The average molecular weight is 417 g/mol. The fourth-order valence-electron chi connectivity index (χ4n) is 3.93. The van der Waals surface area contributed by atoms with Crippen molar-refractivity contribution in [2.75, 3.05) is 27.3 Å². The van der Waals surface area contributed by atoms with Crippen LogP contribution in [0.5, 0.6) is 11.6 Å². The van der Waals surface area contributed by atoms with E-state index in [2.05, 4.69) is 15.0 Å². The monoisotopic (exact) mass is 416 g/mol. The van der Waals surface area contributed by atoms with Gasteiger partial charge in [-0.05, 0) is 50.6 Å². The molecule has 1 aliphatic rings. The maximum Gasteiger partial charge on any atom is 0.308 e. The Bertz CT molecular complexity index is 1020. The van der Waals surface area contributed by atoms with Gasteiger partial charge in [-0.25, -0.2) is 4.98 Å². The van der Waals surface area contributed by atoms with Gasteiger partial charge in [0.05, 0.1) is 31.1 Å². The number of hydrogen-bond acceptors (Lipinski definition) is 8. The number of fused-ring (bicyclic) bond motifs is 1. The summed E-state index contributed by atoms with van der Waals surface area (Å²) in [6, 6.07) is 7.67. The lowest BCUT2D eigenvalue weighted by Crippen LogP contribution is -2.39. The van der Waals surface area contributed by atoms with E-state index < -0.39 is 0 Å². The van der Waals surface area contributed by atoms with Crippen LogP contribution in [0.1, 0.15) is 35.1 Å². The summed E-state index contributed by atoms with van der Waals surface area (Å²) in [6.45, 7) is 3.23. The SMILES string of the molecule is COC(=O)C1CCN([C@@H](c2cccc(OC)c2)c2sc3nc(C)nn3c2O)CC1. The van der Waals surface area contributed by atoms with E-state index in [1.807, 2.05) is 24.3 Å². The van der Waals surface area contributed by atoms with Crippen molar-refractivity contribution in [3.63, 3.8) is 0 Å². The number of benzene rings is 1. The number of aromatic nitrogens is 3. The Morgan fingerprint density at radius 2 is 2.07 bits per heavy atom. The van der Waals surface area contributed by atoms with Gasteiger partial charge in [0.15, 0.2) is 0 Å². The number of carbonyl (C=O) groups is 1. The van der Waals surface area contributed by atoms with Crippen LogP contribution in [0.15, 0.2) is 24.3 Å². The lowest BCUT2D eigenvalue weighted by atomic mass is 9.93. The van der Waals surface area contributed by atoms with Crippen LogP contribution >= 0.6 is 11.3 Å². The van der Waals surface area contributed by atoms with Crippen molar-refractivity contribution in [1.82, 2.24) is 19.5 Å². The number of aromatic hydroxyl groups is 1. The number of ether oxygens (including phenoxy) is 2. The molecule has 4 rings (SSSR count). The third kappa shape index (κ3) is 3.67. The topological polar surface area (TPSA) is 89.2 Å². The van der Waals surface area contributed by atoms with Gasteiger partial charge in [-0.2, -0.15) is 4.52 Å². The van der Waals surface area contributed by atoms with E-state index in [0.717, 1.165) is 16.2 Å². The van der Waals surface area contributed by atoms with Gasteiger partial charge in [0.1, 0.15) is 11.6 Å². The highest BCUT2D eigenvalue weighted by Gasteiger charge is 2.34. The van der Waals surface area contributed by atoms with Crippen LogP contribution in [-0.2, 0) is 9.53 Å². The Hall–Kier alpha value is -2.65. The zero-order valence-electron chi connectivity index (χ0n) is 16.7. The van der Waals surface area contributed by atoms with E-state index in [9.17, 15) is 9.90 Å².